The number of carbonyl (C=O) groups excluding carboxylic acids is 2. The second kappa shape index (κ2) is 8.32. The topological polar surface area (TPSA) is 57.0 Å². The summed E-state index contributed by atoms with van der Waals surface area (Å²) in [4.78, 5) is 24.0. The molecule has 0 aliphatic rings. The van der Waals surface area contributed by atoms with Crippen LogP contribution in [0, 0.1) is 0 Å². The van der Waals surface area contributed by atoms with Gasteiger partial charge in [0.15, 0.2) is 0 Å². The first-order chi connectivity index (χ1) is 9.56. The van der Waals surface area contributed by atoms with E-state index >= 15 is 0 Å². The molecular formula is C15H22NO4+. The van der Waals surface area contributed by atoms with Gasteiger partial charge in [-0.05, 0) is 38.1 Å². The lowest BCUT2D eigenvalue weighted by Gasteiger charge is -2.15. The molecular weight excluding hydrogens is 258 g/mol. The van der Waals surface area contributed by atoms with Crippen LogP contribution in [0.3, 0.4) is 0 Å². The molecule has 0 spiro atoms. The predicted octanol–water partition coefficient (Wildman–Crippen LogP) is 0.693. The van der Waals surface area contributed by atoms with Gasteiger partial charge < -0.3 is 14.4 Å². The van der Waals surface area contributed by atoms with Crippen molar-refractivity contribution in [3.8, 4) is 5.75 Å². The molecule has 0 heterocycles. The zero-order chi connectivity index (χ0) is 15.0. The van der Waals surface area contributed by atoms with Crippen molar-refractivity contribution < 1.29 is 24.0 Å². The van der Waals surface area contributed by atoms with Crippen molar-refractivity contribution in [3.05, 3.63) is 29.8 Å². The van der Waals surface area contributed by atoms with E-state index in [1.165, 1.54) is 11.8 Å². The zero-order valence-electron chi connectivity index (χ0n) is 12.3. The molecule has 0 unspecified atom stereocenters. The fraction of sp³-hybridized carbons (Fsp3) is 0.467. The fourth-order valence-electron chi connectivity index (χ4n) is 1.80. The van der Waals surface area contributed by atoms with Crippen LogP contribution in [-0.2, 0) is 9.53 Å². The largest absolute Gasteiger partial charge is 0.456 e. The first kappa shape index (κ1) is 16.2. The Hall–Kier alpha value is -1.88. The van der Waals surface area contributed by atoms with Gasteiger partial charge in [0.2, 0.25) is 0 Å². The maximum absolute atomic E-state index is 11.8. The highest BCUT2D eigenvalue weighted by molar-refractivity contribution is 5.89. The normalized spacial score (nSPS) is 10.4. The maximum atomic E-state index is 11.8. The summed E-state index contributed by atoms with van der Waals surface area (Å²) < 4.78 is 10.1. The lowest BCUT2D eigenvalue weighted by atomic mass is 10.2. The van der Waals surface area contributed by atoms with E-state index < -0.39 is 0 Å². The van der Waals surface area contributed by atoms with Crippen molar-refractivity contribution in [3.63, 3.8) is 0 Å². The molecule has 0 radical (unpaired) electrons. The fourth-order valence-corrected chi connectivity index (χ4v) is 1.80. The summed E-state index contributed by atoms with van der Waals surface area (Å²) in [5, 5.41) is 0. The molecule has 0 amide bonds. The van der Waals surface area contributed by atoms with Gasteiger partial charge in [0.25, 0.3) is 0 Å². The minimum absolute atomic E-state index is 0.356. The summed E-state index contributed by atoms with van der Waals surface area (Å²) in [6.45, 7) is 8.79. The highest BCUT2D eigenvalue weighted by Crippen LogP contribution is 2.12. The Balaban J connectivity index is 2.45. The van der Waals surface area contributed by atoms with Crippen molar-refractivity contribution in [2.75, 3.05) is 26.2 Å². The van der Waals surface area contributed by atoms with Gasteiger partial charge >= 0.3 is 11.9 Å². The van der Waals surface area contributed by atoms with Gasteiger partial charge in [0, 0.05) is 6.92 Å². The van der Waals surface area contributed by atoms with E-state index in [0.29, 0.717) is 17.9 Å². The van der Waals surface area contributed by atoms with Crippen molar-refractivity contribution in [2.24, 2.45) is 0 Å². The van der Waals surface area contributed by atoms with Gasteiger partial charge in [-0.2, -0.15) is 0 Å². The van der Waals surface area contributed by atoms with Crippen molar-refractivity contribution in [2.45, 2.75) is 20.8 Å². The van der Waals surface area contributed by atoms with Gasteiger partial charge in [-0.15, -0.1) is 0 Å². The molecule has 0 aliphatic carbocycles. The number of rotatable bonds is 7. The van der Waals surface area contributed by atoms with Gasteiger partial charge in [-0.3, -0.25) is 4.79 Å². The average Bonchev–Trinajstić information content (AvgIpc) is 2.43. The Morgan fingerprint density at radius 3 is 2.20 bits per heavy atom. The molecule has 1 N–H and O–H groups in total. The Morgan fingerprint density at radius 2 is 1.70 bits per heavy atom. The molecule has 1 aromatic rings. The van der Waals surface area contributed by atoms with Crippen LogP contribution >= 0.6 is 0 Å². The molecule has 0 aromatic heterocycles. The van der Waals surface area contributed by atoms with E-state index in [1.54, 1.807) is 24.3 Å². The number of carbonyl (C=O) groups is 2. The zero-order valence-corrected chi connectivity index (χ0v) is 12.3. The molecule has 5 nitrogen and oxygen atoms in total. The van der Waals surface area contributed by atoms with Crippen molar-refractivity contribution >= 4 is 11.9 Å². The minimum atomic E-state index is -0.387. The Morgan fingerprint density at radius 1 is 1.10 bits per heavy atom. The number of ether oxygens (including phenoxy) is 2. The lowest BCUT2D eigenvalue weighted by molar-refractivity contribution is -0.896. The van der Waals surface area contributed by atoms with E-state index in [4.69, 9.17) is 9.47 Å². The van der Waals surface area contributed by atoms with Crippen LogP contribution < -0.4 is 9.64 Å². The lowest BCUT2D eigenvalue weighted by Crippen LogP contribution is -3.11. The number of likely N-dealkylation sites (N-methyl/N-ethyl adjacent to an activating group) is 1. The first-order valence-corrected chi connectivity index (χ1v) is 6.86. The molecule has 1 aromatic carbocycles. The monoisotopic (exact) mass is 280 g/mol. The number of benzene rings is 1. The minimum Gasteiger partial charge on any atom is -0.456 e. The molecule has 0 bridgehead atoms. The van der Waals surface area contributed by atoms with E-state index in [1.807, 2.05) is 0 Å². The Labute approximate surface area is 119 Å². The predicted molar refractivity (Wildman–Crippen MR) is 74.9 cm³/mol. The summed E-state index contributed by atoms with van der Waals surface area (Å²) in [7, 11) is 0. The van der Waals surface area contributed by atoms with Crippen LogP contribution in [0.2, 0.25) is 0 Å². The standard InChI is InChI=1S/C15H21NO4/c1-4-16(5-2)10-11-19-15(18)13-6-8-14(9-7-13)20-12(3)17/h6-9H,4-5,10-11H2,1-3H3/p+1. The molecule has 0 saturated carbocycles. The highest BCUT2D eigenvalue weighted by atomic mass is 16.5. The van der Waals surface area contributed by atoms with Crippen molar-refractivity contribution in [1.82, 2.24) is 0 Å². The highest BCUT2D eigenvalue weighted by Gasteiger charge is 2.09. The molecule has 110 valence electrons. The van der Waals surface area contributed by atoms with Crippen LogP contribution in [0.1, 0.15) is 31.1 Å². The second-order valence-electron chi connectivity index (χ2n) is 4.46. The first-order valence-electron chi connectivity index (χ1n) is 6.86. The van der Waals surface area contributed by atoms with Crippen molar-refractivity contribution in [1.29, 1.82) is 0 Å². The summed E-state index contributed by atoms with van der Waals surface area (Å²) in [6, 6.07) is 6.33. The SMILES string of the molecule is CC[NH+](CC)CCOC(=O)c1ccc(OC(C)=O)cc1. The summed E-state index contributed by atoms with van der Waals surface area (Å²) >= 11 is 0. The average molecular weight is 280 g/mol. The molecule has 0 fully saturated rings. The van der Waals surface area contributed by atoms with Crippen LogP contribution in [0.15, 0.2) is 24.3 Å². The number of hydrogen-bond acceptors (Lipinski definition) is 4. The summed E-state index contributed by atoms with van der Waals surface area (Å²) in [5.74, 6) is -0.324. The van der Waals surface area contributed by atoms with E-state index in [-0.39, 0.29) is 11.9 Å². The van der Waals surface area contributed by atoms with Gasteiger partial charge in [-0.25, -0.2) is 4.79 Å². The van der Waals surface area contributed by atoms with Crippen LogP contribution in [0.25, 0.3) is 0 Å². The van der Waals surface area contributed by atoms with E-state index in [2.05, 4.69) is 13.8 Å². The van der Waals surface area contributed by atoms with Gasteiger partial charge in [0.05, 0.1) is 18.7 Å². The molecule has 0 saturated heterocycles. The number of quaternary nitrogens is 1. The number of nitrogens with one attached hydrogen (secondary N) is 1. The smallest absolute Gasteiger partial charge is 0.338 e. The van der Waals surface area contributed by atoms with Crippen LogP contribution in [0.5, 0.6) is 5.75 Å². The van der Waals surface area contributed by atoms with Crippen LogP contribution in [-0.4, -0.2) is 38.2 Å². The summed E-state index contributed by atoms with van der Waals surface area (Å²) in [5.41, 5.74) is 0.454. The Kier molecular flexibility index (Phi) is 6.73. The van der Waals surface area contributed by atoms with E-state index in [9.17, 15) is 9.59 Å². The van der Waals surface area contributed by atoms with Gasteiger partial charge in [-0.1, -0.05) is 0 Å². The molecule has 20 heavy (non-hydrogen) atoms. The molecule has 1 rings (SSSR count). The summed E-state index contributed by atoms with van der Waals surface area (Å²) in [6.07, 6.45) is 0. The maximum Gasteiger partial charge on any atom is 0.338 e. The van der Waals surface area contributed by atoms with Crippen LogP contribution in [0.4, 0.5) is 0 Å². The quantitative estimate of drug-likeness (QED) is 0.590. The molecule has 0 atom stereocenters. The van der Waals surface area contributed by atoms with Gasteiger partial charge in [0.1, 0.15) is 18.9 Å². The third-order valence-corrected chi connectivity index (χ3v) is 3.04. The molecule has 0 aliphatic heterocycles. The molecule has 5 heteroatoms. The van der Waals surface area contributed by atoms with E-state index in [0.717, 1.165) is 19.6 Å². The number of hydrogen-bond donors (Lipinski definition) is 1. The second-order valence-corrected chi connectivity index (χ2v) is 4.46. The third kappa shape index (κ3) is 5.40. The number of esters is 2. The Bertz CT molecular complexity index is 438. The third-order valence-electron chi connectivity index (χ3n) is 3.04.